The Bertz CT molecular complexity index is 850. The molecule has 0 radical (unpaired) electrons. The number of hydrogen-bond donors (Lipinski definition) is 1. The molecule has 1 aromatic heterocycles. The Kier molecular flexibility index (Phi) is 4.66. The van der Waals surface area contributed by atoms with E-state index in [0.29, 0.717) is 12.2 Å². The van der Waals surface area contributed by atoms with E-state index in [1.54, 1.807) is 6.08 Å². The Labute approximate surface area is 152 Å². The molecule has 0 spiro atoms. The molecule has 0 bridgehead atoms. The number of ketones is 2. The number of nitrogens with one attached hydrogen (secondary N) is 1. The molecule has 1 aromatic rings. The first-order valence-corrected chi connectivity index (χ1v) is 11.9. The number of allylic oxidation sites excluding steroid dienone is 1. The Morgan fingerprint density at radius 3 is 2.38 bits per heavy atom. The van der Waals surface area contributed by atoms with Gasteiger partial charge in [0.05, 0.1) is 36.1 Å². The van der Waals surface area contributed by atoms with Crippen LogP contribution in [0.2, 0.25) is 19.6 Å². The molecule has 1 heterocycles. The third-order valence-electron chi connectivity index (χ3n) is 4.63. The van der Waals surface area contributed by atoms with Crippen LogP contribution >= 0.6 is 0 Å². The average Bonchev–Trinajstić information content (AvgIpc) is 2.56. The van der Waals surface area contributed by atoms with Gasteiger partial charge in [-0.1, -0.05) is 0 Å². The van der Waals surface area contributed by atoms with Crippen LogP contribution in [0.3, 0.4) is 0 Å². The van der Waals surface area contributed by atoms with Crippen molar-refractivity contribution in [2.45, 2.75) is 32.2 Å². The highest BCUT2D eigenvalue weighted by atomic mass is 28.4. The predicted octanol–water partition coefficient (Wildman–Crippen LogP) is 2.15. The number of aromatic nitrogens is 1. The van der Waals surface area contributed by atoms with Crippen molar-refractivity contribution >= 4 is 19.9 Å². The van der Waals surface area contributed by atoms with E-state index >= 15 is 0 Å². The molecule has 0 saturated carbocycles. The van der Waals surface area contributed by atoms with Crippen molar-refractivity contribution in [3.8, 4) is 5.75 Å². The van der Waals surface area contributed by atoms with Gasteiger partial charge < -0.3 is 18.9 Å². The maximum atomic E-state index is 13.2. The number of hydrogen-bond acceptors (Lipinski definition) is 6. The topological polar surface area (TPSA) is 94.7 Å². The van der Waals surface area contributed by atoms with Crippen LogP contribution in [0.5, 0.6) is 5.75 Å². The van der Waals surface area contributed by atoms with Gasteiger partial charge in [-0.2, -0.15) is 0 Å². The minimum atomic E-state index is -1.87. The Hall–Kier alpha value is -2.19. The van der Waals surface area contributed by atoms with Gasteiger partial charge in [0.15, 0.2) is 11.6 Å². The molecule has 8 heteroatoms. The molecule has 0 saturated heterocycles. The highest BCUT2D eigenvalue weighted by Gasteiger charge is 2.49. The van der Waals surface area contributed by atoms with E-state index < -0.39 is 31.8 Å². The number of ether oxygens (including phenoxy) is 2. The first kappa shape index (κ1) is 18.6. The van der Waals surface area contributed by atoms with Gasteiger partial charge in [-0.05, 0) is 25.7 Å². The molecule has 2 aliphatic rings. The Morgan fingerprint density at radius 2 is 1.81 bits per heavy atom. The molecular formula is C18H23NO6Si. The first-order chi connectivity index (χ1) is 12.2. The number of methoxy groups -OCH3 is 2. The lowest BCUT2D eigenvalue weighted by Crippen LogP contribution is -2.47. The molecule has 0 amide bonds. The van der Waals surface area contributed by atoms with Gasteiger partial charge in [-0.3, -0.25) is 14.4 Å². The zero-order valence-corrected chi connectivity index (χ0v) is 16.5. The lowest BCUT2D eigenvalue weighted by Gasteiger charge is -2.39. The Morgan fingerprint density at radius 1 is 1.12 bits per heavy atom. The van der Waals surface area contributed by atoms with Crippen LogP contribution in [0.15, 0.2) is 22.7 Å². The van der Waals surface area contributed by atoms with Gasteiger partial charge in [0.25, 0.3) is 5.56 Å². The number of fused-ring (bicyclic) bond motifs is 2. The molecular weight excluding hydrogens is 354 g/mol. The quantitative estimate of drug-likeness (QED) is 0.808. The number of aromatic amines is 1. The van der Waals surface area contributed by atoms with Crippen LogP contribution in [0.25, 0.3) is 0 Å². The van der Waals surface area contributed by atoms with Crippen molar-refractivity contribution in [1.82, 2.24) is 4.98 Å². The fourth-order valence-corrected chi connectivity index (χ4v) is 4.62. The molecule has 0 aromatic carbocycles. The third kappa shape index (κ3) is 3.14. The molecule has 2 aliphatic carbocycles. The van der Waals surface area contributed by atoms with E-state index in [-0.39, 0.29) is 28.6 Å². The van der Waals surface area contributed by atoms with Gasteiger partial charge in [-0.15, -0.1) is 0 Å². The number of pyridine rings is 1. The first-order valence-electron chi connectivity index (χ1n) is 8.48. The van der Waals surface area contributed by atoms with Crippen molar-refractivity contribution < 1.29 is 23.5 Å². The van der Waals surface area contributed by atoms with E-state index in [0.717, 1.165) is 0 Å². The van der Waals surface area contributed by atoms with E-state index in [1.807, 2.05) is 0 Å². The normalized spacial score (nSPS) is 25.3. The summed E-state index contributed by atoms with van der Waals surface area (Å²) in [7, 11) is 0.998. The summed E-state index contributed by atoms with van der Waals surface area (Å²) >= 11 is 0. The predicted molar refractivity (Wildman–Crippen MR) is 97.2 cm³/mol. The molecule has 3 atom stereocenters. The van der Waals surface area contributed by atoms with Gasteiger partial charge >= 0.3 is 0 Å². The second-order valence-electron chi connectivity index (χ2n) is 7.56. The zero-order valence-electron chi connectivity index (χ0n) is 15.5. The molecule has 0 unspecified atom stereocenters. The van der Waals surface area contributed by atoms with E-state index in [1.165, 1.54) is 20.3 Å². The van der Waals surface area contributed by atoms with Crippen molar-refractivity contribution in [3.63, 3.8) is 0 Å². The summed E-state index contributed by atoms with van der Waals surface area (Å²) < 4.78 is 16.8. The molecule has 140 valence electrons. The number of rotatable bonds is 4. The summed E-state index contributed by atoms with van der Waals surface area (Å²) in [5.74, 6) is -1.02. The number of carbonyl (C=O) groups excluding carboxylic acids is 2. The Balaban J connectivity index is 2.10. The van der Waals surface area contributed by atoms with Gasteiger partial charge in [-0.25, -0.2) is 0 Å². The zero-order chi connectivity index (χ0) is 19.2. The van der Waals surface area contributed by atoms with Gasteiger partial charge in [0, 0.05) is 25.5 Å². The fraction of sp³-hybridized carbons (Fsp3) is 0.500. The molecule has 7 nitrogen and oxygen atoms in total. The van der Waals surface area contributed by atoms with Crippen molar-refractivity contribution in [3.05, 3.63) is 39.5 Å². The van der Waals surface area contributed by atoms with Crippen molar-refractivity contribution in [2.24, 2.45) is 11.8 Å². The summed E-state index contributed by atoms with van der Waals surface area (Å²) in [5, 5.41) is 0. The van der Waals surface area contributed by atoms with Crippen LogP contribution in [-0.2, 0) is 9.16 Å². The van der Waals surface area contributed by atoms with Crippen LogP contribution in [-0.4, -0.2) is 45.2 Å². The largest absolute Gasteiger partial charge is 0.547 e. The minimum absolute atomic E-state index is 0.00520. The summed E-state index contributed by atoms with van der Waals surface area (Å²) in [6.45, 7) is 6.16. The molecule has 0 aliphatic heterocycles. The number of Topliss-reactive ketones (excluding diaryl/α,β-unsaturated/α-hetero) is 2. The summed E-state index contributed by atoms with van der Waals surface area (Å²) in [5.41, 5.74) is -0.337. The highest BCUT2D eigenvalue weighted by molar-refractivity contribution is 6.70. The molecule has 3 rings (SSSR count). The minimum Gasteiger partial charge on any atom is -0.547 e. The maximum Gasteiger partial charge on any atom is 0.252 e. The lowest BCUT2D eigenvalue weighted by atomic mass is 9.69. The molecule has 0 fully saturated rings. The number of carbonyl (C=O) groups is 2. The van der Waals surface area contributed by atoms with E-state index in [2.05, 4.69) is 24.6 Å². The van der Waals surface area contributed by atoms with E-state index in [9.17, 15) is 14.4 Å². The third-order valence-corrected chi connectivity index (χ3v) is 5.50. The van der Waals surface area contributed by atoms with Crippen molar-refractivity contribution in [2.75, 3.05) is 14.2 Å². The van der Waals surface area contributed by atoms with Gasteiger partial charge in [0.1, 0.15) is 5.75 Å². The fourth-order valence-electron chi connectivity index (χ4n) is 3.68. The molecule has 26 heavy (non-hydrogen) atoms. The average molecular weight is 377 g/mol. The summed E-state index contributed by atoms with van der Waals surface area (Å²) in [4.78, 5) is 40.6. The lowest BCUT2D eigenvalue weighted by molar-refractivity contribution is 0.0323. The standard InChI is InChI=1S/C18H23NO6Si/c1-23-11-7-9(25-26(3,4)5)6-10-14(11)18(22)16-15(17(10)21)12(24-2)8-13(20)19-16/h7-8,10-11,14H,6H2,1-5H3,(H,19,20)/t10-,11+,14-/m0/s1. The van der Waals surface area contributed by atoms with Crippen LogP contribution in [0.1, 0.15) is 27.3 Å². The highest BCUT2D eigenvalue weighted by Crippen LogP contribution is 2.42. The van der Waals surface area contributed by atoms with E-state index in [4.69, 9.17) is 13.9 Å². The van der Waals surface area contributed by atoms with Crippen LogP contribution in [0, 0.1) is 11.8 Å². The molecule has 1 N–H and O–H groups in total. The van der Waals surface area contributed by atoms with Crippen LogP contribution in [0.4, 0.5) is 0 Å². The maximum absolute atomic E-state index is 13.2. The van der Waals surface area contributed by atoms with Gasteiger partial charge in [0.2, 0.25) is 8.32 Å². The summed E-state index contributed by atoms with van der Waals surface area (Å²) in [6, 6.07) is 1.19. The SMILES string of the molecule is COc1cc(=O)[nH]c2c1C(=O)[C@H]1CC(O[Si](C)(C)C)=C[C@@H](OC)[C@H]1C2=O. The smallest absolute Gasteiger partial charge is 0.252 e. The second kappa shape index (κ2) is 6.51. The van der Waals surface area contributed by atoms with Crippen LogP contribution < -0.4 is 10.3 Å². The van der Waals surface area contributed by atoms with Crippen molar-refractivity contribution in [1.29, 1.82) is 0 Å². The summed E-state index contributed by atoms with van der Waals surface area (Å²) in [6.07, 6.45) is 1.54. The number of H-pyrrole nitrogens is 1. The monoisotopic (exact) mass is 377 g/mol. The second-order valence-corrected chi connectivity index (χ2v) is 12.0.